The minimum absolute atomic E-state index is 0.282. The van der Waals surface area contributed by atoms with Gasteiger partial charge in [0, 0.05) is 27.3 Å². The predicted molar refractivity (Wildman–Crippen MR) is 131 cm³/mol. The molecule has 3 aromatic carbocycles. The number of nitrogens with one attached hydrogen (secondary N) is 2. The molecule has 5 rings (SSSR count). The van der Waals surface area contributed by atoms with Gasteiger partial charge < -0.3 is 5.32 Å². The van der Waals surface area contributed by atoms with E-state index < -0.39 is 0 Å². The average molecular weight is 440 g/mol. The van der Waals surface area contributed by atoms with Crippen molar-refractivity contribution in [3.8, 4) is 0 Å². The SMILES string of the molecule is Cc1ccc2c(c1)Sc1cc3c(C)cc(=O)n(NC(=O)/C=C/c4ccccc4)c3cc1N2. The van der Waals surface area contributed by atoms with Crippen LogP contribution in [0.2, 0.25) is 0 Å². The molecule has 6 heteroatoms. The highest BCUT2D eigenvalue weighted by atomic mass is 32.2. The minimum atomic E-state index is -0.373. The summed E-state index contributed by atoms with van der Waals surface area (Å²) in [5.41, 5.74) is 8.02. The summed E-state index contributed by atoms with van der Waals surface area (Å²) in [7, 11) is 0. The Kier molecular flexibility index (Phi) is 5.07. The van der Waals surface area contributed by atoms with Crippen molar-refractivity contribution >= 4 is 46.0 Å². The lowest BCUT2D eigenvalue weighted by atomic mass is 10.1. The van der Waals surface area contributed by atoms with Crippen LogP contribution in [0.25, 0.3) is 17.0 Å². The van der Waals surface area contributed by atoms with E-state index in [1.165, 1.54) is 21.2 Å². The molecule has 0 radical (unpaired) electrons. The quantitative estimate of drug-likeness (QED) is 0.359. The Labute approximate surface area is 189 Å². The van der Waals surface area contributed by atoms with Crippen LogP contribution in [0.1, 0.15) is 16.7 Å². The fourth-order valence-corrected chi connectivity index (χ4v) is 4.88. The number of benzene rings is 3. The summed E-state index contributed by atoms with van der Waals surface area (Å²) in [5, 5.41) is 4.38. The number of fused-ring (bicyclic) bond motifs is 3. The van der Waals surface area contributed by atoms with Crippen molar-refractivity contribution in [1.82, 2.24) is 4.68 Å². The summed E-state index contributed by atoms with van der Waals surface area (Å²) in [4.78, 5) is 27.6. The highest BCUT2D eigenvalue weighted by molar-refractivity contribution is 7.99. The van der Waals surface area contributed by atoms with Gasteiger partial charge in [-0.2, -0.15) is 0 Å². The molecule has 0 bridgehead atoms. The Bertz CT molecular complexity index is 1460. The molecule has 0 saturated carbocycles. The first-order chi connectivity index (χ1) is 15.5. The maximum atomic E-state index is 12.8. The number of carbonyl (C=O) groups excluding carboxylic acids is 1. The molecular formula is C26H21N3O2S. The molecular weight excluding hydrogens is 418 g/mol. The zero-order valence-corrected chi connectivity index (χ0v) is 18.5. The lowest BCUT2D eigenvalue weighted by Gasteiger charge is -2.23. The average Bonchev–Trinajstić information content (AvgIpc) is 2.79. The van der Waals surface area contributed by atoms with Gasteiger partial charge in [-0.1, -0.05) is 48.2 Å². The van der Waals surface area contributed by atoms with Crippen molar-refractivity contribution < 1.29 is 4.79 Å². The van der Waals surface area contributed by atoms with E-state index in [2.05, 4.69) is 41.9 Å². The second-order valence-corrected chi connectivity index (χ2v) is 8.90. The molecule has 0 spiro atoms. The zero-order chi connectivity index (χ0) is 22.2. The van der Waals surface area contributed by atoms with Crippen molar-refractivity contribution in [2.75, 3.05) is 10.7 Å². The van der Waals surface area contributed by atoms with Crippen molar-refractivity contribution in [1.29, 1.82) is 0 Å². The van der Waals surface area contributed by atoms with Gasteiger partial charge in [-0.25, -0.2) is 4.68 Å². The molecule has 1 aliphatic rings. The highest BCUT2D eigenvalue weighted by Crippen LogP contribution is 2.45. The van der Waals surface area contributed by atoms with E-state index >= 15 is 0 Å². The molecule has 1 amide bonds. The molecule has 32 heavy (non-hydrogen) atoms. The van der Waals surface area contributed by atoms with Crippen LogP contribution in [-0.2, 0) is 4.79 Å². The maximum absolute atomic E-state index is 12.8. The van der Waals surface area contributed by atoms with Crippen molar-refractivity contribution in [3.05, 3.63) is 99.9 Å². The first kappa shape index (κ1) is 20.2. The van der Waals surface area contributed by atoms with Gasteiger partial charge in [-0.3, -0.25) is 15.0 Å². The summed E-state index contributed by atoms with van der Waals surface area (Å²) in [5.74, 6) is -0.373. The summed E-state index contributed by atoms with van der Waals surface area (Å²) in [6.45, 7) is 3.99. The van der Waals surface area contributed by atoms with Gasteiger partial charge in [0.1, 0.15) is 0 Å². The number of nitrogens with zero attached hydrogens (tertiary/aromatic N) is 1. The number of hydrogen-bond donors (Lipinski definition) is 2. The molecule has 1 aliphatic heterocycles. The lowest BCUT2D eigenvalue weighted by Crippen LogP contribution is -2.32. The highest BCUT2D eigenvalue weighted by Gasteiger charge is 2.19. The molecule has 0 saturated heterocycles. The Morgan fingerprint density at radius 2 is 1.75 bits per heavy atom. The van der Waals surface area contributed by atoms with Crippen molar-refractivity contribution in [3.63, 3.8) is 0 Å². The van der Waals surface area contributed by atoms with Gasteiger partial charge in [0.15, 0.2) is 0 Å². The second kappa shape index (κ2) is 8.05. The van der Waals surface area contributed by atoms with Crippen LogP contribution in [-0.4, -0.2) is 10.6 Å². The van der Waals surface area contributed by atoms with Crippen LogP contribution in [0.5, 0.6) is 0 Å². The van der Waals surface area contributed by atoms with Crippen LogP contribution >= 0.6 is 11.8 Å². The summed E-state index contributed by atoms with van der Waals surface area (Å²) in [6.07, 6.45) is 3.15. The third kappa shape index (κ3) is 3.81. The smallest absolute Gasteiger partial charge is 0.270 e. The summed E-state index contributed by atoms with van der Waals surface area (Å²) >= 11 is 1.70. The van der Waals surface area contributed by atoms with E-state index in [9.17, 15) is 9.59 Å². The Hall–Kier alpha value is -3.77. The Morgan fingerprint density at radius 1 is 0.969 bits per heavy atom. The van der Waals surface area contributed by atoms with E-state index in [4.69, 9.17) is 0 Å². The van der Waals surface area contributed by atoms with E-state index in [1.807, 2.05) is 43.3 Å². The number of rotatable bonds is 3. The number of pyridine rings is 1. The minimum Gasteiger partial charge on any atom is -0.354 e. The summed E-state index contributed by atoms with van der Waals surface area (Å²) in [6, 6.07) is 21.4. The molecule has 0 aliphatic carbocycles. The van der Waals surface area contributed by atoms with Gasteiger partial charge in [0.25, 0.3) is 11.5 Å². The number of carbonyl (C=O) groups is 1. The van der Waals surface area contributed by atoms with Crippen LogP contribution in [0.15, 0.2) is 87.4 Å². The van der Waals surface area contributed by atoms with Gasteiger partial charge in [0.2, 0.25) is 0 Å². The fraction of sp³-hybridized carbons (Fsp3) is 0.0769. The number of amides is 1. The molecule has 0 fully saturated rings. The number of hydrogen-bond acceptors (Lipinski definition) is 4. The topological polar surface area (TPSA) is 63.1 Å². The largest absolute Gasteiger partial charge is 0.354 e. The first-order valence-electron chi connectivity index (χ1n) is 10.3. The first-order valence-corrected chi connectivity index (χ1v) is 11.1. The fourth-order valence-electron chi connectivity index (χ4n) is 3.78. The monoisotopic (exact) mass is 439 g/mol. The standard InChI is InChI=1S/C26H21N3O2S/c1-16-8-10-20-23(12-16)32-24-14-19-17(2)13-26(31)29(22(19)15-21(24)27-20)28-25(30)11-9-18-6-4-3-5-7-18/h3-15,27H,1-2H3,(H,28,30)/b11-9+. The third-order valence-corrected chi connectivity index (χ3v) is 6.51. The number of aromatic nitrogens is 1. The summed E-state index contributed by atoms with van der Waals surface area (Å²) < 4.78 is 1.32. The van der Waals surface area contributed by atoms with Crippen molar-refractivity contribution in [2.45, 2.75) is 23.6 Å². The third-order valence-electron chi connectivity index (χ3n) is 5.40. The molecule has 0 unspecified atom stereocenters. The van der Waals surface area contributed by atoms with Crippen LogP contribution in [0.4, 0.5) is 11.4 Å². The molecule has 1 aromatic heterocycles. The Balaban J connectivity index is 1.53. The van der Waals surface area contributed by atoms with Crippen LogP contribution < -0.4 is 16.3 Å². The van der Waals surface area contributed by atoms with Gasteiger partial charge in [-0.05, 0) is 60.9 Å². The predicted octanol–water partition coefficient (Wildman–Crippen LogP) is 5.61. The molecule has 5 nitrogen and oxygen atoms in total. The normalized spacial score (nSPS) is 12.3. The maximum Gasteiger partial charge on any atom is 0.270 e. The second-order valence-electron chi connectivity index (χ2n) is 7.81. The van der Waals surface area contributed by atoms with Gasteiger partial charge >= 0.3 is 0 Å². The van der Waals surface area contributed by atoms with E-state index in [0.717, 1.165) is 32.8 Å². The van der Waals surface area contributed by atoms with E-state index in [-0.39, 0.29) is 11.5 Å². The molecule has 0 atom stereocenters. The van der Waals surface area contributed by atoms with Crippen molar-refractivity contribution in [2.24, 2.45) is 0 Å². The molecule has 2 heterocycles. The molecule has 4 aromatic rings. The molecule has 158 valence electrons. The van der Waals surface area contributed by atoms with E-state index in [1.54, 1.807) is 23.9 Å². The van der Waals surface area contributed by atoms with Crippen LogP contribution in [0, 0.1) is 13.8 Å². The molecule has 2 N–H and O–H groups in total. The Morgan fingerprint density at radius 3 is 2.56 bits per heavy atom. The number of aryl methyl sites for hydroxylation is 2. The van der Waals surface area contributed by atoms with Gasteiger partial charge in [-0.15, -0.1) is 0 Å². The van der Waals surface area contributed by atoms with E-state index in [0.29, 0.717) is 5.52 Å². The number of anilines is 2. The van der Waals surface area contributed by atoms with Crippen LogP contribution in [0.3, 0.4) is 0 Å². The lowest BCUT2D eigenvalue weighted by molar-refractivity contribution is -0.112. The zero-order valence-electron chi connectivity index (χ0n) is 17.7. The van der Waals surface area contributed by atoms with Gasteiger partial charge in [0.05, 0.1) is 16.9 Å².